The van der Waals surface area contributed by atoms with E-state index in [1.54, 1.807) is 12.4 Å². The molecule has 1 aromatic carbocycles. The molecular formula is C18H23N3O. The van der Waals surface area contributed by atoms with Crippen molar-refractivity contribution in [2.24, 2.45) is 5.92 Å². The summed E-state index contributed by atoms with van der Waals surface area (Å²) in [5, 5.41) is 6.18. The summed E-state index contributed by atoms with van der Waals surface area (Å²) in [5.74, 6) is 0.494. The van der Waals surface area contributed by atoms with E-state index < -0.39 is 0 Å². The summed E-state index contributed by atoms with van der Waals surface area (Å²) >= 11 is 0. The molecule has 0 atom stereocenters. The second-order valence-electron chi connectivity index (χ2n) is 5.89. The quantitative estimate of drug-likeness (QED) is 0.850. The summed E-state index contributed by atoms with van der Waals surface area (Å²) in [6, 6.07) is 9.91. The molecule has 0 spiro atoms. The molecule has 0 aliphatic rings. The Balaban J connectivity index is 2.00. The van der Waals surface area contributed by atoms with Gasteiger partial charge in [0.2, 0.25) is 0 Å². The summed E-state index contributed by atoms with van der Waals surface area (Å²) in [7, 11) is 0. The lowest BCUT2D eigenvalue weighted by Gasteiger charge is -2.09. The Morgan fingerprint density at radius 1 is 1.14 bits per heavy atom. The molecule has 116 valence electrons. The molecule has 1 heterocycles. The highest BCUT2D eigenvalue weighted by Crippen LogP contribution is 2.17. The van der Waals surface area contributed by atoms with E-state index in [1.165, 1.54) is 5.56 Å². The first kappa shape index (κ1) is 16.0. The van der Waals surface area contributed by atoms with Crippen LogP contribution in [0.1, 0.15) is 36.2 Å². The molecule has 2 N–H and O–H groups in total. The zero-order chi connectivity index (χ0) is 15.9. The maximum atomic E-state index is 12.1. The third kappa shape index (κ3) is 4.88. The van der Waals surface area contributed by atoms with Crippen LogP contribution in [0.3, 0.4) is 0 Å². The van der Waals surface area contributed by atoms with E-state index in [0.29, 0.717) is 18.0 Å². The molecule has 0 saturated heterocycles. The number of aromatic nitrogens is 1. The van der Waals surface area contributed by atoms with Gasteiger partial charge in [-0.1, -0.05) is 31.5 Å². The van der Waals surface area contributed by atoms with Gasteiger partial charge in [-0.05, 0) is 37.5 Å². The number of pyridine rings is 1. The first-order valence-electron chi connectivity index (χ1n) is 7.61. The monoisotopic (exact) mass is 297 g/mol. The van der Waals surface area contributed by atoms with Crippen LogP contribution in [0.4, 0.5) is 11.4 Å². The van der Waals surface area contributed by atoms with Crippen LogP contribution in [0.25, 0.3) is 0 Å². The average Bonchev–Trinajstić information content (AvgIpc) is 2.49. The van der Waals surface area contributed by atoms with Crippen LogP contribution < -0.4 is 10.6 Å². The Morgan fingerprint density at radius 2 is 1.86 bits per heavy atom. The van der Waals surface area contributed by atoms with Gasteiger partial charge in [0.1, 0.15) is 0 Å². The molecule has 0 saturated carbocycles. The normalized spacial score (nSPS) is 10.5. The van der Waals surface area contributed by atoms with Gasteiger partial charge in [0, 0.05) is 18.4 Å². The third-order valence-electron chi connectivity index (χ3n) is 3.35. The predicted octanol–water partition coefficient (Wildman–Crippen LogP) is 3.91. The predicted molar refractivity (Wildman–Crippen MR) is 90.5 cm³/mol. The van der Waals surface area contributed by atoms with Crippen molar-refractivity contribution in [3.63, 3.8) is 0 Å². The smallest absolute Gasteiger partial charge is 0.252 e. The van der Waals surface area contributed by atoms with E-state index in [1.807, 2.05) is 37.3 Å². The van der Waals surface area contributed by atoms with Crippen LogP contribution in [-0.4, -0.2) is 17.4 Å². The number of nitrogens with zero attached hydrogens (tertiary/aromatic N) is 1. The molecule has 0 unspecified atom stereocenters. The third-order valence-corrected chi connectivity index (χ3v) is 3.35. The van der Waals surface area contributed by atoms with Crippen LogP contribution in [0, 0.1) is 12.8 Å². The van der Waals surface area contributed by atoms with Crippen LogP contribution in [0.2, 0.25) is 0 Å². The van der Waals surface area contributed by atoms with Crippen molar-refractivity contribution >= 4 is 17.3 Å². The molecule has 0 fully saturated rings. The number of amides is 1. The van der Waals surface area contributed by atoms with Crippen molar-refractivity contribution in [2.45, 2.75) is 27.2 Å². The highest BCUT2D eigenvalue weighted by atomic mass is 16.1. The first-order chi connectivity index (χ1) is 10.5. The standard InChI is InChI=1S/C18H23N3O/c1-13(2)8-9-20-18(22)15-10-17(12-19-11-15)21-16-6-4-14(3)5-7-16/h4-7,10-13,21H,8-9H2,1-3H3,(H,20,22). The summed E-state index contributed by atoms with van der Waals surface area (Å²) in [6.45, 7) is 7.01. The molecule has 2 rings (SSSR count). The summed E-state index contributed by atoms with van der Waals surface area (Å²) in [4.78, 5) is 16.2. The van der Waals surface area contributed by atoms with Gasteiger partial charge in [-0.3, -0.25) is 9.78 Å². The van der Waals surface area contributed by atoms with Crippen LogP contribution in [0.15, 0.2) is 42.7 Å². The first-order valence-corrected chi connectivity index (χ1v) is 7.61. The van der Waals surface area contributed by atoms with Gasteiger partial charge >= 0.3 is 0 Å². The number of rotatable bonds is 6. The molecule has 4 nitrogen and oxygen atoms in total. The molecule has 0 bridgehead atoms. The topological polar surface area (TPSA) is 54.0 Å². The number of hydrogen-bond donors (Lipinski definition) is 2. The van der Waals surface area contributed by atoms with Gasteiger partial charge in [0.05, 0.1) is 17.4 Å². The Kier molecular flexibility index (Phi) is 5.53. The van der Waals surface area contributed by atoms with Crippen LogP contribution in [-0.2, 0) is 0 Å². The lowest BCUT2D eigenvalue weighted by molar-refractivity contribution is 0.0951. The number of nitrogens with one attached hydrogen (secondary N) is 2. The van der Waals surface area contributed by atoms with E-state index in [4.69, 9.17) is 0 Å². The summed E-state index contributed by atoms with van der Waals surface area (Å²) < 4.78 is 0. The number of aryl methyl sites for hydroxylation is 1. The van der Waals surface area contributed by atoms with Gasteiger partial charge in [-0.15, -0.1) is 0 Å². The molecule has 1 amide bonds. The Morgan fingerprint density at radius 3 is 2.55 bits per heavy atom. The zero-order valence-electron chi connectivity index (χ0n) is 13.4. The Labute approximate surface area is 132 Å². The van der Waals surface area contributed by atoms with Crippen molar-refractivity contribution in [2.75, 3.05) is 11.9 Å². The second kappa shape index (κ2) is 7.59. The lowest BCUT2D eigenvalue weighted by atomic mass is 10.1. The van der Waals surface area contributed by atoms with E-state index in [2.05, 4.69) is 29.5 Å². The number of carbonyl (C=O) groups is 1. The average molecular weight is 297 g/mol. The molecule has 0 aliphatic heterocycles. The maximum absolute atomic E-state index is 12.1. The fourth-order valence-electron chi connectivity index (χ4n) is 2.01. The van der Waals surface area contributed by atoms with Gasteiger partial charge in [-0.2, -0.15) is 0 Å². The number of benzene rings is 1. The summed E-state index contributed by atoms with van der Waals surface area (Å²) in [5.41, 5.74) is 3.56. The number of hydrogen-bond acceptors (Lipinski definition) is 3. The van der Waals surface area contributed by atoms with Crippen molar-refractivity contribution in [3.8, 4) is 0 Å². The van der Waals surface area contributed by atoms with Gasteiger partial charge in [0.15, 0.2) is 0 Å². The van der Waals surface area contributed by atoms with E-state index in [9.17, 15) is 4.79 Å². The molecule has 1 aromatic heterocycles. The Bertz CT molecular complexity index is 620. The van der Waals surface area contributed by atoms with Gasteiger partial charge < -0.3 is 10.6 Å². The molecule has 22 heavy (non-hydrogen) atoms. The fourth-order valence-corrected chi connectivity index (χ4v) is 2.01. The minimum atomic E-state index is -0.0827. The zero-order valence-corrected chi connectivity index (χ0v) is 13.4. The SMILES string of the molecule is Cc1ccc(Nc2cncc(C(=O)NCCC(C)C)c2)cc1. The van der Waals surface area contributed by atoms with E-state index in [-0.39, 0.29) is 5.91 Å². The summed E-state index contributed by atoms with van der Waals surface area (Å²) in [6.07, 6.45) is 4.27. The highest BCUT2D eigenvalue weighted by Gasteiger charge is 2.07. The van der Waals surface area contributed by atoms with Crippen molar-refractivity contribution in [3.05, 3.63) is 53.9 Å². The molecule has 2 aromatic rings. The maximum Gasteiger partial charge on any atom is 0.252 e. The second-order valence-corrected chi connectivity index (χ2v) is 5.89. The van der Waals surface area contributed by atoms with Crippen molar-refractivity contribution in [1.29, 1.82) is 0 Å². The van der Waals surface area contributed by atoms with Gasteiger partial charge in [-0.25, -0.2) is 0 Å². The van der Waals surface area contributed by atoms with Gasteiger partial charge in [0.25, 0.3) is 5.91 Å². The molecular weight excluding hydrogens is 274 g/mol. The van der Waals surface area contributed by atoms with Crippen LogP contribution >= 0.6 is 0 Å². The number of carbonyl (C=O) groups excluding carboxylic acids is 1. The van der Waals surface area contributed by atoms with Crippen molar-refractivity contribution < 1.29 is 4.79 Å². The molecule has 0 radical (unpaired) electrons. The number of anilines is 2. The van der Waals surface area contributed by atoms with E-state index >= 15 is 0 Å². The van der Waals surface area contributed by atoms with Crippen molar-refractivity contribution in [1.82, 2.24) is 10.3 Å². The highest BCUT2D eigenvalue weighted by molar-refractivity contribution is 5.94. The minimum Gasteiger partial charge on any atom is -0.354 e. The molecule has 0 aliphatic carbocycles. The lowest BCUT2D eigenvalue weighted by Crippen LogP contribution is -2.25. The van der Waals surface area contributed by atoms with Crippen LogP contribution in [0.5, 0.6) is 0 Å². The van der Waals surface area contributed by atoms with E-state index in [0.717, 1.165) is 17.8 Å². The minimum absolute atomic E-state index is 0.0827. The fraction of sp³-hybridized carbons (Fsp3) is 0.333. The largest absolute Gasteiger partial charge is 0.354 e. The Hall–Kier alpha value is -2.36. The molecule has 4 heteroatoms.